The Morgan fingerprint density at radius 2 is 1.89 bits per heavy atom. The van der Waals surface area contributed by atoms with E-state index >= 15 is 0 Å². The van der Waals surface area contributed by atoms with Crippen LogP contribution in [0.3, 0.4) is 0 Å². The summed E-state index contributed by atoms with van der Waals surface area (Å²) in [6, 6.07) is 8.47. The Balaban J connectivity index is 1.50. The van der Waals surface area contributed by atoms with E-state index in [4.69, 9.17) is 16.0 Å². The number of rotatable bonds is 3. The maximum atomic E-state index is 12.7. The molecule has 0 unspecified atom stereocenters. The summed E-state index contributed by atoms with van der Waals surface area (Å²) in [6.07, 6.45) is -1.87. The lowest BCUT2D eigenvalue weighted by molar-refractivity contribution is -0.137. The molecule has 3 aromatic rings. The van der Waals surface area contributed by atoms with Gasteiger partial charge in [0.1, 0.15) is 5.76 Å². The molecule has 0 N–H and O–H groups in total. The lowest BCUT2D eigenvalue weighted by atomic mass is 10.1. The zero-order valence-corrected chi connectivity index (χ0v) is 14.9. The van der Waals surface area contributed by atoms with Gasteiger partial charge in [0.2, 0.25) is 0 Å². The summed E-state index contributed by atoms with van der Waals surface area (Å²) in [4.78, 5) is 11.1. The fraction of sp³-hybridized carbons (Fsp3) is 0.263. The smallest absolute Gasteiger partial charge is 0.416 e. The first-order chi connectivity index (χ1) is 12.9. The summed E-state index contributed by atoms with van der Waals surface area (Å²) in [6.45, 7) is 2.13. The first kappa shape index (κ1) is 18.0. The molecule has 1 aliphatic rings. The van der Waals surface area contributed by atoms with Crippen LogP contribution in [-0.4, -0.2) is 21.4 Å². The van der Waals surface area contributed by atoms with Gasteiger partial charge in [0, 0.05) is 36.8 Å². The van der Waals surface area contributed by atoms with Gasteiger partial charge in [-0.3, -0.25) is 4.90 Å². The third kappa shape index (κ3) is 3.99. The third-order valence-electron chi connectivity index (χ3n) is 4.49. The van der Waals surface area contributed by atoms with E-state index in [0.717, 1.165) is 42.1 Å². The van der Waals surface area contributed by atoms with Gasteiger partial charge in [-0.25, -0.2) is 9.97 Å². The van der Waals surface area contributed by atoms with Crippen molar-refractivity contribution in [2.75, 3.05) is 6.54 Å². The highest BCUT2D eigenvalue weighted by molar-refractivity contribution is 6.28. The standard InChI is InChI=1S/C19H15ClF3N3O/c20-17-6-5-15(27-17)11-26-8-7-16-13(10-26)9-24-18(25-16)12-1-3-14(4-2-12)19(21,22)23/h1-6,9H,7-8,10-11H2. The summed E-state index contributed by atoms with van der Waals surface area (Å²) in [7, 11) is 0. The zero-order chi connectivity index (χ0) is 19.0. The molecule has 1 aromatic carbocycles. The third-order valence-corrected chi connectivity index (χ3v) is 4.69. The Kier molecular flexibility index (Phi) is 4.65. The Labute approximate surface area is 158 Å². The van der Waals surface area contributed by atoms with E-state index in [9.17, 15) is 13.2 Å². The van der Waals surface area contributed by atoms with E-state index in [2.05, 4.69) is 14.9 Å². The van der Waals surface area contributed by atoms with Gasteiger partial charge in [0.25, 0.3) is 0 Å². The van der Waals surface area contributed by atoms with E-state index < -0.39 is 11.7 Å². The zero-order valence-electron chi connectivity index (χ0n) is 14.1. The molecule has 1 aliphatic heterocycles. The monoisotopic (exact) mass is 393 g/mol. The molecular weight excluding hydrogens is 379 g/mol. The molecule has 0 spiro atoms. The van der Waals surface area contributed by atoms with E-state index in [0.29, 0.717) is 29.7 Å². The summed E-state index contributed by atoms with van der Waals surface area (Å²) < 4.78 is 43.5. The van der Waals surface area contributed by atoms with Crippen molar-refractivity contribution in [2.24, 2.45) is 0 Å². The van der Waals surface area contributed by atoms with Gasteiger partial charge in [-0.2, -0.15) is 13.2 Å². The van der Waals surface area contributed by atoms with Crippen molar-refractivity contribution in [3.63, 3.8) is 0 Å². The Morgan fingerprint density at radius 3 is 2.56 bits per heavy atom. The van der Waals surface area contributed by atoms with E-state index in [1.807, 2.05) is 6.07 Å². The normalized spacial score (nSPS) is 15.0. The van der Waals surface area contributed by atoms with Crippen LogP contribution in [0.2, 0.25) is 5.22 Å². The Hall–Kier alpha value is -2.38. The fourth-order valence-corrected chi connectivity index (χ4v) is 3.28. The van der Waals surface area contributed by atoms with Crippen molar-refractivity contribution in [1.82, 2.24) is 14.9 Å². The number of furan rings is 1. The van der Waals surface area contributed by atoms with Crippen molar-refractivity contribution < 1.29 is 17.6 Å². The number of halogens is 4. The molecule has 0 radical (unpaired) electrons. The van der Waals surface area contributed by atoms with Crippen LogP contribution in [0.25, 0.3) is 11.4 Å². The van der Waals surface area contributed by atoms with Crippen LogP contribution < -0.4 is 0 Å². The van der Waals surface area contributed by atoms with Crippen molar-refractivity contribution in [3.8, 4) is 11.4 Å². The van der Waals surface area contributed by atoms with Crippen LogP contribution in [0.1, 0.15) is 22.6 Å². The molecule has 4 nitrogen and oxygen atoms in total. The second-order valence-electron chi connectivity index (χ2n) is 6.41. The van der Waals surface area contributed by atoms with Crippen LogP contribution in [0.5, 0.6) is 0 Å². The molecule has 4 rings (SSSR count). The molecule has 2 aromatic heterocycles. The summed E-state index contributed by atoms with van der Waals surface area (Å²) in [5.74, 6) is 1.24. The minimum absolute atomic E-state index is 0.368. The number of alkyl halides is 3. The summed E-state index contributed by atoms with van der Waals surface area (Å²) >= 11 is 5.80. The molecule has 0 fully saturated rings. The molecule has 8 heteroatoms. The SMILES string of the molecule is FC(F)(F)c1ccc(-c2ncc3c(n2)CCN(Cc2ccc(Cl)o2)C3)cc1. The molecule has 0 atom stereocenters. The van der Waals surface area contributed by atoms with E-state index in [1.165, 1.54) is 12.1 Å². The van der Waals surface area contributed by atoms with Gasteiger partial charge in [-0.1, -0.05) is 12.1 Å². The average Bonchev–Trinajstić information content (AvgIpc) is 3.05. The number of hydrogen-bond acceptors (Lipinski definition) is 4. The highest BCUT2D eigenvalue weighted by Crippen LogP contribution is 2.30. The summed E-state index contributed by atoms with van der Waals surface area (Å²) in [5.41, 5.74) is 1.82. The molecule has 0 aliphatic carbocycles. The highest BCUT2D eigenvalue weighted by Gasteiger charge is 2.30. The predicted molar refractivity (Wildman–Crippen MR) is 94.0 cm³/mol. The van der Waals surface area contributed by atoms with Gasteiger partial charge in [0.15, 0.2) is 11.0 Å². The van der Waals surface area contributed by atoms with E-state index in [-0.39, 0.29) is 0 Å². The fourth-order valence-electron chi connectivity index (χ4n) is 3.11. The van der Waals surface area contributed by atoms with Gasteiger partial charge >= 0.3 is 6.18 Å². The molecular formula is C19H15ClF3N3O. The topological polar surface area (TPSA) is 42.2 Å². The maximum absolute atomic E-state index is 12.7. The predicted octanol–water partition coefficient (Wildman–Crippen LogP) is 4.97. The molecule has 0 saturated carbocycles. The molecule has 27 heavy (non-hydrogen) atoms. The van der Waals surface area contributed by atoms with Crippen LogP contribution >= 0.6 is 11.6 Å². The van der Waals surface area contributed by atoms with Gasteiger partial charge < -0.3 is 4.42 Å². The maximum Gasteiger partial charge on any atom is 0.416 e. The minimum atomic E-state index is -4.35. The lowest BCUT2D eigenvalue weighted by Gasteiger charge is -2.27. The van der Waals surface area contributed by atoms with Crippen LogP contribution in [0, 0.1) is 0 Å². The average molecular weight is 394 g/mol. The molecule has 140 valence electrons. The lowest BCUT2D eigenvalue weighted by Crippen LogP contribution is -2.30. The largest absolute Gasteiger partial charge is 0.448 e. The van der Waals surface area contributed by atoms with Crippen LogP contribution in [-0.2, 0) is 25.7 Å². The minimum Gasteiger partial charge on any atom is -0.448 e. The van der Waals surface area contributed by atoms with Crippen molar-refractivity contribution in [2.45, 2.75) is 25.7 Å². The second-order valence-corrected chi connectivity index (χ2v) is 6.78. The van der Waals surface area contributed by atoms with Crippen molar-refractivity contribution in [1.29, 1.82) is 0 Å². The van der Waals surface area contributed by atoms with Crippen LogP contribution in [0.15, 0.2) is 47.0 Å². The van der Waals surface area contributed by atoms with E-state index in [1.54, 1.807) is 12.3 Å². The first-order valence-corrected chi connectivity index (χ1v) is 8.75. The van der Waals surface area contributed by atoms with Gasteiger partial charge in [0.05, 0.1) is 17.8 Å². The number of benzene rings is 1. The van der Waals surface area contributed by atoms with Gasteiger partial charge in [-0.15, -0.1) is 0 Å². The molecule has 3 heterocycles. The Bertz CT molecular complexity index is 954. The van der Waals surface area contributed by atoms with Gasteiger partial charge in [-0.05, 0) is 35.9 Å². The van der Waals surface area contributed by atoms with Crippen molar-refractivity contribution in [3.05, 3.63) is 70.4 Å². The highest BCUT2D eigenvalue weighted by atomic mass is 35.5. The van der Waals surface area contributed by atoms with Crippen LogP contribution in [0.4, 0.5) is 13.2 Å². The number of aromatic nitrogens is 2. The number of fused-ring (bicyclic) bond motifs is 1. The number of nitrogens with zero attached hydrogens (tertiary/aromatic N) is 3. The Morgan fingerprint density at radius 1 is 1.11 bits per heavy atom. The summed E-state index contributed by atoms with van der Waals surface area (Å²) in [5, 5.41) is 0.368. The second kappa shape index (κ2) is 6.98. The molecule has 0 bridgehead atoms. The van der Waals surface area contributed by atoms with Crippen molar-refractivity contribution >= 4 is 11.6 Å². The molecule has 0 saturated heterocycles. The molecule has 0 amide bonds. The first-order valence-electron chi connectivity index (χ1n) is 8.37. The quantitative estimate of drug-likeness (QED) is 0.630. The number of hydrogen-bond donors (Lipinski definition) is 0.